The van der Waals surface area contributed by atoms with Crippen LogP contribution in [0.25, 0.3) is 0 Å². The van der Waals surface area contributed by atoms with Gasteiger partial charge < -0.3 is 14.5 Å². The molecule has 2 atom stereocenters. The Morgan fingerprint density at radius 3 is 2.50 bits per heavy atom. The van der Waals surface area contributed by atoms with Crippen molar-refractivity contribution >= 4 is 15.9 Å². The third-order valence-electron chi connectivity index (χ3n) is 4.69. The molecule has 0 aliphatic carbocycles. The van der Waals surface area contributed by atoms with Gasteiger partial charge in [0.15, 0.2) is 0 Å². The minimum absolute atomic E-state index is 0.0368. The van der Waals surface area contributed by atoms with E-state index in [1.165, 1.54) is 0 Å². The number of nitrogens with zero attached hydrogens (tertiary/aromatic N) is 2. The smallest absolute Gasteiger partial charge is 0.408 e. The van der Waals surface area contributed by atoms with Gasteiger partial charge in [-0.15, -0.1) is 5.10 Å². The highest BCUT2D eigenvalue weighted by atomic mass is 32.2. The average Bonchev–Trinajstić information content (AvgIpc) is 3.11. The molecule has 1 heterocycles. The fraction of sp³-hybridized carbons (Fsp3) is 0.571. The molecule has 1 aromatic heterocycles. The summed E-state index contributed by atoms with van der Waals surface area (Å²) in [5.74, 6) is -0.280. The van der Waals surface area contributed by atoms with E-state index in [1.54, 1.807) is 20.8 Å². The Morgan fingerprint density at radius 2 is 1.90 bits per heavy atom. The first kappa shape index (κ1) is 23.9. The van der Waals surface area contributed by atoms with Crippen molar-refractivity contribution in [3.63, 3.8) is 0 Å². The van der Waals surface area contributed by atoms with Crippen molar-refractivity contribution in [2.75, 3.05) is 0 Å². The Balaban J connectivity index is 2.27. The molecular weight excluding hydrogens is 406 g/mol. The molecule has 0 unspecified atom stereocenters. The van der Waals surface area contributed by atoms with E-state index in [9.17, 15) is 13.2 Å². The Morgan fingerprint density at radius 1 is 1.23 bits per heavy atom. The van der Waals surface area contributed by atoms with Crippen LogP contribution in [0.2, 0.25) is 0 Å². The predicted octanol–water partition coefficient (Wildman–Crippen LogP) is 4.27. The second kappa shape index (κ2) is 9.16. The van der Waals surface area contributed by atoms with E-state index in [0.29, 0.717) is 12.0 Å². The number of carbonyl (C=O) groups is 1. The highest BCUT2D eigenvalue weighted by molar-refractivity contribution is 7.90. The van der Waals surface area contributed by atoms with Gasteiger partial charge in [0, 0.05) is 0 Å². The Labute approximate surface area is 178 Å². The van der Waals surface area contributed by atoms with Crippen molar-refractivity contribution in [2.45, 2.75) is 77.5 Å². The summed E-state index contributed by atoms with van der Waals surface area (Å²) in [5.41, 5.74) is 1.85. The zero-order valence-electron chi connectivity index (χ0n) is 18.6. The number of sulfone groups is 1. The van der Waals surface area contributed by atoms with Gasteiger partial charge in [0.05, 0.1) is 5.75 Å². The maximum Gasteiger partial charge on any atom is 0.408 e. The van der Waals surface area contributed by atoms with Crippen LogP contribution in [0.4, 0.5) is 4.79 Å². The largest absolute Gasteiger partial charge is 0.444 e. The van der Waals surface area contributed by atoms with Crippen molar-refractivity contribution in [1.82, 2.24) is 15.5 Å². The number of rotatable bonds is 7. The van der Waals surface area contributed by atoms with Crippen LogP contribution in [0.1, 0.15) is 69.7 Å². The first-order chi connectivity index (χ1) is 13.8. The molecule has 1 N–H and O–H groups in total. The van der Waals surface area contributed by atoms with Gasteiger partial charge in [-0.3, -0.25) is 0 Å². The normalized spacial score (nSPS) is 14.2. The van der Waals surface area contributed by atoms with E-state index in [4.69, 9.17) is 9.15 Å². The standard InChI is InChI=1S/C21H31N3O5S/c1-8-14(3)17(22-19(25)29-21(5,6)7)18-23-24-20(28-18)30(26,27)12-16-11-13(2)9-10-15(16)4/h9-11,14,17H,8,12H2,1-7H3,(H,22,25)/t14-,17+/m0/s1. The van der Waals surface area contributed by atoms with Crippen LogP contribution in [-0.2, 0) is 20.3 Å². The molecule has 0 radical (unpaired) electrons. The molecule has 0 fully saturated rings. The number of benzene rings is 1. The van der Waals surface area contributed by atoms with Crippen LogP contribution in [0, 0.1) is 19.8 Å². The molecule has 2 rings (SSSR count). The second-order valence-electron chi connectivity index (χ2n) is 8.60. The quantitative estimate of drug-likeness (QED) is 0.688. The molecule has 0 saturated heterocycles. The number of amides is 1. The van der Waals surface area contributed by atoms with E-state index in [0.717, 1.165) is 11.1 Å². The summed E-state index contributed by atoms with van der Waals surface area (Å²) in [6, 6.07) is 4.97. The van der Waals surface area contributed by atoms with Gasteiger partial charge in [-0.2, -0.15) is 0 Å². The summed E-state index contributed by atoms with van der Waals surface area (Å²) >= 11 is 0. The summed E-state index contributed by atoms with van der Waals surface area (Å²) in [6.45, 7) is 12.9. The number of ether oxygens (including phenoxy) is 1. The third-order valence-corrected chi connectivity index (χ3v) is 6.08. The lowest BCUT2D eigenvalue weighted by Crippen LogP contribution is -2.37. The summed E-state index contributed by atoms with van der Waals surface area (Å²) in [7, 11) is -3.84. The lowest BCUT2D eigenvalue weighted by molar-refractivity contribution is 0.0473. The number of hydrogen-bond acceptors (Lipinski definition) is 7. The van der Waals surface area contributed by atoms with Crippen LogP contribution >= 0.6 is 0 Å². The number of aryl methyl sites for hydroxylation is 2. The number of alkyl carbamates (subject to hydrolysis) is 1. The molecule has 0 spiro atoms. The first-order valence-corrected chi connectivity index (χ1v) is 11.6. The summed E-state index contributed by atoms with van der Waals surface area (Å²) in [6.07, 6.45) is 0.0683. The van der Waals surface area contributed by atoms with E-state index in [-0.39, 0.29) is 17.6 Å². The van der Waals surface area contributed by atoms with Crippen LogP contribution < -0.4 is 5.32 Å². The van der Waals surface area contributed by atoms with Gasteiger partial charge >= 0.3 is 11.3 Å². The molecule has 0 saturated carbocycles. The Kier molecular flexibility index (Phi) is 7.28. The lowest BCUT2D eigenvalue weighted by atomic mass is 9.99. The number of hydrogen-bond donors (Lipinski definition) is 1. The fourth-order valence-electron chi connectivity index (χ4n) is 2.81. The predicted molar refractivity (Wildman–Crippen MR) is 113 cm³/mol. The summed E-state index contributed by atoms with van der Waals surface area (Å²) in [4.78, 5) is 12.2. The zero-order chi connectivity index (χ0) is 22.7. The molecule has 8 nitrogen and oxygen atoms in total. The van der Waals surface area contributed by atoms with E-state index in [2.05, 4.69) is 15.5 Å². The minimum Gasteiger partial charge on any atom is -0.444 e. The van der Waals surface area contributed by atoms with E-state index in [1.807, 2.05) is 45.9 Å². The molecule has 9 heteroatoms. The first-order valence-electron chi connectivity index (χ1n) is 9.94. The number of nitrogens with one attached hydrogen (secondary N) is 1. The topological polar surface area (TPSA) is 111 Å². The van der Waals surface area contributed by atoms with Gasteiger partial charge in [0.25, 0.3) is 0 Å². The molecule has 0 bridgehead atoms. The van der Waals surface area contributed by atoms with Gasteiger partial charge in [0.2, 0.25) is 15.7 Å². The third kappa shape index (κ3) is 6.29. The van der Waals surface area contributed by atoms with Crippen LogP contribution in [0.3, 0.4) is 0 Å². The molecule has 0 aliphatic rings. The van der Waals surface area contributed by atoms with Gasteiger partial charge in [-0.25, -0.2) is 13.2 Å². The SMILES string of the molecule is CC[C@H](C)[C@@H](NC(=O)OC(C)(C)C)c1nnc(S(=O)(=O)Cc2cc(C)ccc2C)o1. The van der Waals surface area contributed by atoms with Crippen LogP contribution in [0.5, 0.6) is 0 Å². The minimum atomic E-state index is -3.84. The van der Waals surface area contributed by atoms with Crippen molar-refractivity contribution in [2.24, 2.45) is 5.92 Å². The molecular formula is C21H31N3O5S. The average molecular weight is 438 g/mol. The Bertz CT molecular complexity index is 992. The van der Waals surface area contributed by atoms with Crippen molar-refractivity contribution in [3.05, 3.63) is 40.8 Å². The van der Waals surface area contributed by atoms with E-state index >= 15 is 0 Å². The highest BCUT2D eigenvalue weighted by Crippen LogP contribution is 2.26. The molecule has 1 amide bonds. The van der Waals surface area contributed by atoms with Crippen molar-refractivity contribution in [3.8, 4) is 0 Å². The van der Waals surface area contributed by atoms with E-state index < -0.39 is 32.8 Å². The molecule has 30 heavy (non-hydrogen) atoms. The summed E-state index contributed by atoms with van der Waals surface area (Å²) in [5, 5.41) is 9.93. The zero-order valence-corrected chi connectivity index (χ0v) is 19.5. The van der Waals surface area contributed by atoms with Crippen LogP contribution in [0.15, 0.2) is 27.8 Å². The van der Waals surface area contributed by atoms with Gasteiger partial charge in [0.1, 0.15) is 11.6 Å². The molecule has 1 aromatic carbocycles. The van der Waals surface area contributed by atoms with Gasteiger partial charge in [-0.05, 0) is 51.7 Å². The second-order valence-corrected chi connectivity index (χ2v) is 10.5. The van der Waals surface area contributed by atoms with Crippen molar-refractivity contribution < 1.29 is 22.4 Å². The molecule has 2 aromatic rings. The maximum atomic E-state index is 12.8. The molecule has 0 aliphatic heterocycles. The number of carbonyl (C=O) groups excluding carboxylic acids is 1. The lowest BCUT2D eigenvalue weighted by Gasteiger charge is -2.24. The fourth-order valence-corrected chi connectivity index (χ4v) is 4.03. The molecule has 166 valence electrons. The monoisotopic (exact) mass is 437 g/mol. The maximum absolute atomic E-state index is 12.8. The Hall–Kier alpha value is -2.42. The van der Waals surface area contributed by atoms with Gasteiger partial charge in [-0.1, -0.05) is 49.1 Å². The number of aromatic nitrogens is 2. The van der Waals surface area contributed by atoms with Crippen molar-refractivity contribution in [1.29, 1.82) is 0 Å². The highest BCUT2D eigenvalue weighted by Gasteiger charge is 2.31. The van der Waals surface area contributed by atoms with Crippen LogP contribution in [-0.4, -0.2) is 30.3 Å². The summed E-state index contributed by atoms with van der Waals surface area (Å²) < 4.78 is 36.5.